The van der Waals surface area contributed by atoms with Crippen LogP contribution >= 0.6 is 39.9 Å². The first-order valence-electron chi connectivity index (χ1n) is 7.22. The van der Waals surface area contributed by atoms with Gasteiger partial charge in [-0.05, 0) is 64.1 Å². The van der Waals surface area contributed by atoms with Gasteiger partial charge in [-0.2, -0.15) is 5.01 Å². The number of halogens is 1. The summed E-state index contributed by atoms with van der Waals surface area (Å²) < 4.78 is 0.780. The van der Waals surface area contributed by atoms with E-state index in [4.69, 9.17) is 12.2 Å². The van der Waals surface area contributed by atoms with Crippen LogP contribution in [-0.2, 0) is 4.79 Å². The Morgan fingerprint density at radius 1 is 1.19 bits per heavy atom. The highest BCUT2D eigenvalue weighted by molar-refractivity contribution is 9.10. The van der Waals surface area contributed by atoms with Gasteiger partial charge in [0.1, 0.15) is 0 Å². The second-order valence-corrected chi connectivity index (χ2v) is 7.72. The third kappa shape index (κ3) is 3.74. The average Bonchev–Trinajstić information content (AvgIpc) is 2.86. The molecule has 1 fully saturated rings. The Balaban J connectivity index is 1.80. The van der Waals surface area contributed by atoms with Crippen molar-refractivity contribution >= 4 is 62.1 Å². The van der Waals surface area contributed by atoms with Gasteiger partial charge >= 0.3 is 0 Å². The number of hydrogen-bond acceptors (Lipinski definition) is 6. The van der Waals surface area contributed by atoms with Gasteiger partial charge in [0.2, 0.25) is 0 Å². The Morgan fingerprint density at radius 3 is 2.62 bits per heavy atom. The third-order valence-electron chi connectivity index (χ3n) is 3.42. The minimum atomic E-state index is -0.479. The van der Waals surface area contributed by atoms with Crippen LogP contribution in [0.2, 0.25) is 0 Å². The summed E-state index contributed by atoms with van der Waals surface area (Å²) in [6, 6.07) is 11.0. The van der Waals surface area contributed by atoms with Crippen LogP contribution in [0.5, 0.6) is 11.5 Å². The number of benzene rings is 2. The summed E-state index contributed by atoms with van der Waals surface area (Å²) in [5.74, 6) is -1.50. The van der Waals surface area contributed by atoms with E-state index in [1.54, 1.807) is 30.3 Å². The van der Waals surface area contributed by atoms with Crippen molar-refractivity contribution in [3.8, 4) is 11.5 Å². The summed E-state index contributed by atoms with van der Waals surface area (Å²) in [7, 11) is 0. The van der Waals surface area contributed by atoms with Crippen LogP contribution in [0.4, 0.5) is 0 Å². The van der Waals surface area contributed by atoms with Crippen molar-refractivity contribution in [2.45, 2.75) is 0 Å². The Bertz CT molecular complexity index is 962. The third-order valence-corrected chi connectivity index (χ3v) is 5.42. The van der Waals surface area contributed by atoms with E-state index in [9.17, 15) is 19.8 Å². The zero-order valence-electron chi connectivity index (χ0n) is 13.0. The lowest BCUT2D eigenvalue weighted by atomic mass is 10.2. The predicted octanol–water partition coefficient (Wildman–Crippen LogP) is 3.41. The molecule has 26 heavy (non-hydrogen) atoms. The van der Waals surface area contributed by atoms with Crippen molar-refractivity contribution < 1.29 is 19.8 Å². The molecule has 1 aliphatic heterocycles. The smallest absolute Gasteiger partial charge is 0.285 e. The molecule has 2 aromatic rings. The Hall–Kier alpha value is -2.36. The molecule has 0 aliphatic carbocycles. The number of phenolic OH excluding ortho intramolecular Hbond substituents is 2. The number of carbonyl (C=O) groups is 2. The summed E-state index contributed by atoms with van der Waals surface area (Å²) >= 11 is 9.48. The van der Waals surface area contributed by atoms with E-state index in [0.717, 1.165) is 16.8 Å². The predicted molar refractivity (Wildman–Crippen MR) is 106 cm³/mol. The molecule has 0 radical (unpaired) electrons. The number of aromatic hydroxyl groups is 2. The first-order chi connectivity index (χ1) is 12.4. The van der Waals surface area contributed by atoms with Gasteiger partial charge < -0.3 is 10.2 Å². The molecule has 0 bridgehead atoms. The van der Waals surface area contributed by atoms with Gasteiger partial charge in [0.15, 0.2) is 15.8 Å². The number of hydrazine groups is 1. The largest absolute Gasteiger partial charge is 0.504 e. The Morgan fingerprint density at radius 2 is 1.92 bits per heavy atom. The van der Waals surface area contributed by atoms with Crippen molar-refractivity contribution in [2.75, 3.05) is 0 Å². The topological polar surface area (TPSA) is 89.9 Å². The van der Waals surface area contributed by atoms with Gasteiger partial charge in [0.05, 0.1) is 10.5 Å². The molecular formula is C17H11BrN2O4S2. The monoisotopic (exact) mass is 450 g/mol. The maximum atomic E-state index is 12.5. The van der Waals surface area contributed by atoms with Crippen LogP contribution in [0.3, 0.4) is 0 Å². The van der Waals surface area contributed by atoms with Crippen molar-refractivity contribution in [1.82, 2.24) is 10.4 Å². The first-order valence-corrected chi connectivity index (χ1v) is 9.24. The van der Waals surface area contributed by atoms with Gasteiger partial charge in [0, 0.05) is 4.47 Å². The van der Waals surface area contributed by atoms with Crippen LogP contribution < -0.4 is 5.43 Å². The molecule has 9 heteroatoms. The molecule has 1 heterocycles. The summed E-state index contributed by atoms with van der Waals surface area (Å²) in [5.41, 5.74) is 3.38. The molecule has 3 N–H and O–H groups in total. The van der Waals surface area contributed by atoms with E-state index >= 15 is 0 Å². The number of phenols is 2. The highest BCUT2D eigenvalue weighted by Gasteiger charge is 2.34. The lowest BCUT2D eigenvalue weighted by Gasteiger charge is -2.16. The summed E-state index contributed by atoms with van der Waals surface area (Å²) in [5, 5.41) is 19.9. The minimum absolute atomic E-state index is 0.185. The van der Waals surface area contributed by atoms with Crippen molar-refractivity contribution in [3.63, 3.8) is 0 Å². The number of carbonyl (C=O) groups excluding carboxylic acids is 2. The highest BCUT2D eigenvalue weighted by Crippen LogP contribution is 2.33. The highest BCUT2D eigenvalue weighted by atomic mass is 79.9. The standard InChI is InChI=1S/C17H11BrN2O4S2/c18-11-4-2-1-3-10(11)15(23)19-20-16(24)14(26-17(20)25)8-9-5-6-12(21)13(22)7-9/h1-8,21-22H,(H,19,23). The molecule has 6 nitrogen and oxygen atoms in total. The van der Waals surface area contributed by atoms with E-state index in [1.807, 2.05) is 0 Å². The summed E-state index contributed by atoms with van der Waals surface area (Å²) in [6.45, 7) is 0. The van der Waals surface area contributed by atoms with Crippen molar-refractivity contribution in [2.24, 2.45) is 0 Å². The molecule has 132 valence electrons. The lowest BCUT2D eigenvalue weighted by molar-refractivity contribution is -0.123. The van der Waals surface area contributed by atoms with Crippen molar-refractivity contribution in [1.29, 1.82) is 0 Å². The number of nitrogens with one attached hydrogen (secondary N) is 1. The van der Waals surface area contributed by atoms with E-state index in [2.05, 4.69) is 21.4 Å². The van der Waals surface area contributed by atoms with Crippen LogP contribution in [0, 0.1) is 0 Å². The van der Waals surface area contributed by atoms with Gasteiger partial charge in [-0.25, -0.2) is 0 Å². The number of hydrogen-bond donors (Lipinski definition) is 3. The Kier molecular flexibility index (Phi) is 5.30. The number of thiocarbonyl (C=S) groups is 1. The molecule has 2 amide bonds. The Labute approximate surface area is 166 Å². The molecule has 0 spiro atoms. The van der Waals surface area contributed by atoms with Crippen LogP contribution in [0.1, 0.15) is 15.9 Å². The van der Waals surface area contributed by atoms with Gasteiger partial charge in [-0.15, -0.1) is 0 Å². The van der Waals surface area contributed by atoms with E-state index in [0.29, 0.717) is 15.6 Å². The molecule has 0 atom stereocenters. The normalized spacial score (nSPS) is 15.6. The van der Waals surface area contributed by atoms with Crippen LogP contribution in [0.25, 0.3) is 6.08 Å². The molecule has 1 saturated heterocycles. The minimum Gasteiger partial charge on any atom is -0.504 e. The number of rotatable bonds is 3. The zero-order chi connectivity index (χ0) is 18.8. The summed E-state index contributed by atoms with van der Waals surface area (Å²) in [4.78, 5) is 25.2. The van der Waals surface area contributed by atoms with Crippen LogP contribution in [-0.4, -0.2) is 31.4 Å². The quantitative estimate of drug-likeness (QED) is 0.377. The average molecular weight is 451 g/mol. The first kappa shape index (κ1) is 18.4. The number of amides is 2. The number of nitrogens with zero attached hydrogens (tertiary/aromatic N) is 1. The van der Waals surface area contributed by atoms with Gasteiger partial charge in [0.25, 0.3) is 11.8 Å². The fraction of sp³-hybridized carbons (Fsp3) is 0. The van der Waals surface area contributed by atoms with E-state index in [1.165, 1.54) is 18.2 Å². The van der Waals surface area contributed by atoms with Gasteiger partial charge in [-0.1, -0.05) is 30.0 Å². The van der Waals surface area contributed by atoms with Crippen molar-refractivity contribution in [3.05, 3.63) is 63.0 Å². The molecule has 1 aliphatic rings. The summed E-state index contributed by atoms with van der Waals surface area (Å²) in [6.07, 6.45) is 1.52. The van der Waals surface area contributed by atoms with E-state index in [-0.39, 0.29) is 20.7 Å². The molecule has 0 saturated carbocycles. The maximum Gasteiger partial charge on any atom is 0.285 e. The van der Waals surface area contributed by atoms with Crippen LogP contribution in [0.15, 0.2) is 51.8 Å². The molecule has 0 aromatic heterocycles. The fourth-order valence-corrected chi connectivity index (χ4v) is 3.80. The molecular weight excluding hydrogens is 440 g/mol. The second-order valence-electron chi connectivity index (χ2n) is 5.19. The zero-order valence-corrected chi connectivity index (χ0v) is 16.2. The fourth-order valence-electron chi connectivity index (χ4n) is 2.15. The maximum absolute atomic E-state index is 12.5. The number of thioether (sulfide) groups is 1. The molecule has 0 unspecified atom stereocenters. The second kappa shape index (κ2) is 7.48. The molecule has 2 aromatic carbocycles. The SMILES string of the molecule is O=C(NN1C(=O)C(=Cc2ccc(O)c(O)c2)SC1=S)c1ccccc1Br. The molecule has 3 rings (SSSR count). The van der Waals surface area contributed by atoms with E-state index < -0.39 is 11.8 Å². The lowest BCUT2D eigenvalue weighted by Crippen LogP contribution is -2.44. The van der Waals surface area contributed by atoms with Gasteiger partial charge in [-0.3, -0.25) is 15.0 Å².